The van der Waals surface area contributed by atoms with Gasteiger partial charge in [0, 0.05) is 43.8 Å². The zero-order chi connectivity index (χ0) is 13.4. The highest BCUT2D eigenvalue weighted by Gasteiger charge is 2.25. The lowest BCUT2D eigenvalue weighted by Gasteiger charge is -2.37. The molecule has 2 unspecified atom stereocenters. The molecule has 18 heavy (non-hydrogen) atoms. The number of nitrogens with one attached hydrogen (secondary N) is 1. The van der Waals surface area contributed by atoms with Crippen LogP contribution in [0.5, 0.6) is 0 Å². The predicted molar refractivity (Wildman–Crippen MR) is 81.5 cm³/mol. The largest absolute Gasteiger partial charge is 0.383 e. The van der Waals surface area contributed by atoms with E-state index in [0.29, 0.717) is 12.0 Å². The van der Waals surface area contributed by atoms with E-state index in [1.807, 2.05) is 7.11 Å². The minimum atomic E-state index is 0.531. The summed E-state index contributed by atoms with van der Waals surface area (Å²) in [7, 11) is 1.81. The van der Waals surface area contributed by atoms with E-state index < -0.39 is 0 Å². The number of ether oxygens (including phenoxy) is 1. The van der Waals surface area contributed by atoms with Gasteiger partial charge < -0.3 is 10.1 Å². The van der Waals surface area contributed by atoms with Gasteiger partial charge in [0.15, 0.2) is 0 Å². The number of hydrogen-bond acceptors (Lipinski definition) is 4. The Labute approximate surface area is 117 Å². The van der Waals surface area contributed by atoms with Crippen molar-refractivity contribution >= 4 is 11.8 Å². The molecule has 0 aromatic rings. The summed E-state index contributed by atoms with van der Waals surface area (Å²) in [6.07, 6.45) is 1.28. The van der Waals surface area contributed by atoms with Gasteiger partial charge in [-0.25, -0.2) is 0 Å². The fourth-order valence-corrected chi connectivity index (χ4v) is 3.55. The highest BCUT2D eigenvalue weighted by Crippen LogP contribution is 2.22. The first-order chi connectivity index (χ1) is 8.67. The monoisotopic (exact) mass is 274 g/mol. The summed E-state index contributed by atoms with van der Waals surface area (Å²) in [4.78, 5) is 2.61. The van der Waals surface area contributed by atoms with Crippen LogP contribution in [0, 0.1) is 5.92 Å². The van der Waals surface area contributed by atoms with Crippen LogP contribution < -0.4 is 5.32 Å². The zero-order valence-electron chi connectivity index (χ0n) is 12.4. The Morgan fingerprint density at radius 3 is 2.78 bits per heavy atom. The predicted octanol–water partition coefficient (Wildman–Crippen LogP) is 2.07. The molecule has 1 rings (SSSR count). The Hall–Kier alpha value is 0.230. The van der Waals surface area contributed by atoms with Crippen molar-refractivity contribution in [1.29, 1.82) is 0 Å². The topological polar surface area (TPSA) is 24.5 Å². The Morgan fingerprint density at radius 2 is 2.17 bits per heavy atom. The molecule has 1 fully saturated rings. The minimum absolute atomic E-state index is 0.531. The molecule has 1 aliphatic rings. The average molecular weight is 274 g/mol. The van der Waals surface area contributed by atoms with Gasteiger partial charge in [-0.2, -0.15) is 11.8 Å². The Kier molecular flexibility index (Phi) is 8.31. The van der Waals surface area contributed by atoms with Gasteiger partial charge >= 0.3 is 0 Å². The fourth-order valence-electron chi connectivity index (χ4n) is 2.35. The summed E-state index contributed by atoms with van der Waals surface area (Å²) in [6.45, 7) is 12.2. The summed E-state index contributed by atoms with van der Waals surface area (Å²) < 4.78 is 5.40. The first-order valence-corrected chi connectivity index (χ1v) is 8.27. The number of nitrogens with zero attached hydrogens (tertiary/aromatic N) is 1. The number of thioether (sulfide) groups is 1. The molecule has 0 bridgehead atoms. The molecule has 0 amide bonds. The van der Waals surface area contributed by atoms with Gasteiger partial charge in [0.05, 0.1) is 6.61 Å². The molecule has 108 valence electrons. The van der Waals surface area contributed by atoms with Crippen LogP contribution in [-0.4, -0.2) is 61.8 Å². The molecule has 3 nitrogen and oxygen atoms in total. The van der Waals surface area contributed by atoms with E-state index in [-0.39, 0.29) is 0 Å². The third kappa shape index (κ3) is 5.91. The Balaban J connectivity index is 2.39. The van der Waals surface area contributed by atoms with Crippen molar-refractivity contribution in [2.45, 2.75) is 38.5 Å². The summed E-state index contributed by atoms with van der Waals surface area (Å²) in [6, 6.07) is 0.531. The molecule has 0 aromatic carbocycles. The maximum Gasteiger partial charge on any atom is 0.0630 e. The molecule has 0 saturated carbocycles. The second-order valence-corrected chi connectivity index (χ2v) is 6.97. The van der Waals surface area contributed by atoms with Crippen LogP contribution >= 0.6 is 11.8 Å². The van der Waals surface area contributed by atoms with E-state index in [9.17, 15) is 0 Å². The molecular weight excluding hydrogens is 244 g/mol. The van der Waals surface area contributed by atoms with E-state index in [4.69, 9.17) is 4.74 Å². The molecule has 1 N–H and O–H groups in total. The van der Waals surface area contributed by atoms with Crippen molar-refractivity contribution in [2.75, 3.05) is 45.6 Å². The van der Waals surface area contributed by atoms with E-state index in [2.05, 4.69) is 42.7 Å². The molecule has 0 radical (unpaired) electrons. The quantitative estimate of drug-likeness (QED) is 0.732. The molecule has 1 aliphatic heterocycles. The number of rotatable bonds is 8. The Bertz CT molecular complexity index is 214. The molecule has 0 aliphatic carbocycles. The van der Waals surface area contributed by atoms with Crippen LogP contribution in [0.4, 0.5) is 0 Å². The van der Waals surface area contributed by atoms with Gasteiger partial charge in [0.1, 0.15) is 0 Å². The second kappa shape index (κ2) is 9.18. The van der Waals surface area contributed by atoms with Gasteiger partial charge in [-0.1, -0.05) is 20.8 Å². The Morgan fingerprint density at radius 1 is 1.39 bits per heavy atom. The van der Waals surface area contributed by atoms with Crippen LogP contribution in [0.2, 0.25) is 0 Å². The first-order valence-electron chi connectivity index (χ1n) is 7.22. The highest BCUT2D eigenvalue weighted by molar-refractivity contribution is 8.00. The smallest absolute Gasteiger partial charge is 0.0630 e. The van der Waals surface area contributed by atoms with Crippen molar-refractivity contribution in [2.24, 2.45) is 5.92 Å². The van der Waals surface area contributed by atoms with Gasteiger partial charge in [-0.05, 0) is 18.9 Å². The van der Waals surface area contributed by atoms with Crippen LogP contribution in [0.1, 0.15) is 27.2 Å². The van der Waals surface area contributed by atoms with E-state index in [0.717, 1.165) is 24.9 Å². The average Bonchev–Trinajstić information content (AvgIpc) is 2.37. The summed E-state index contributed by atoms with van der Waals surface area (Å²) in [5.41, 5.74) is 0. The molecule has 0 aromatic heterocycles. The first kappa shape index (κ1) is 16.3. The third-order valence-electron chi connectivity index (χ3n) is 3.43. The van der Waals surface area contributed by atoms with Crippen molar-refractivity contribution in [3.05, 3.63) is 0 Å². The van der Waals surface area contributed by atoms with E-state index in [1.54, 1.807) is 0 Å². The van der Waals surface area contributed by atoms with Crippen molar-refractivity contribution in [3.8, 4) is 0 Å². The van der Waals surface area contributed by atoms with E-state index >= 15 is 0 Å². The standard InChI is InChI=1S/C14H30N2OS/c1-5-14-10-16(6-7-18-14)13(11-17-4)9-15-8-12(2)3/h12-15H,5-11H2,1-4H3. The number of methoxy groups -OCH3 is 1. The minimum Gasteiger partial charge on any atom is -0.383 e. The molecule has 0 spiro atoms. The van der Waals surface area contributed by atoms with Gasteiger partial charge in [0.2, 0.25) is 0 Å². The zero-order valence-corrected chi connectivity index (χ0v) is 13.3. The van der Waals surface area contributed by atoms with Crippen molar-refractivity contribution < 1.29 is 4.74 Å². The van der Waals surface area contributed by atoms with Gasteiger partial charge in [0.25, 0.3) is 0 Å². The normalized spacial score (nSPS) is 23.5. The SMILES string of the molecule is CCC1CN(C(CNCC(C)C)COC)CCS1. The highest BCUT2D eigenvalue weighted by atomic mass is 32.2. The molecule has 1 heterocycles. The maximum absolute atomic E-state index is 5.40. The second-order valence-electron chi connectivity index (χ2n) is 5.56. The lowest BCUT2D eigenvalue weighted by molar-refractivity contribution is 0.0905. The number of hydrogen-bond donors (Lipinski definition) is 1. The molecule has 1 saturated heterocycles. The third-order valence-corrected chi connectivity index (χ3v) is 4.81. The maximum atomic E-state index is 5.40. The molecule has 4 heteroatoms. The van der Waals surface area contributed by atoms with Crippen LogP contribution in [0.15, 0.2) is 0 Å². The van der Waals surface area contributed by atoms with Crippen LogP contribution in [-0.2, 0) is 4.74 Å². The van der Waals surface area contributed by atoms with E-state index in [1.165, 1.54) is 25.3 Å². The van der Waals surface area contributed by atoms with Crippen molar-refractivity contribution in [3.63, 3.8) is 0 Å². The van der Waals surface area contributed by atoms with Crippen molar-refractivity contribution in [1.82, 2.24) is 10.2 Å². The molecular formula is C14H30N2OS. The summed E-state index contributed by atoms with van der Waals surface area (Å²) in [5.74, 6) is 1.98. The summed E-state index contributed by atoms with van der Waals surface area (Å²) >= 11 is 2.13. The fraction of sp³-hybridized carbons (Fsp3) is 1.00. The van der Waals surface area contributed by atoms with Gasteiger partial charge in [-0.3, -0.25) is 4.90 Å². The van der Waals surface area contributed by atoms with Crippen LogP contribution in [0.25, 0.3) is 0 Å². The lowest BCUT2D eigenvalue weighted by atomic mass is 10.2. The molecule has 2 atom stereocenters. The van der Waals surface area contributed by atoms with Gasteiger partial charge in [-0.15, -0.1) is 0 Å². The lowest BCUT2D eigenvalue weighted by Crippen LogP contribution is -2.50. The summed E-state index contributed by atoms with van der Waals surface area (Å²) in [5, 5.41) is 4.38. The van der Waals surface area contributed by atoms with Crippen LogP contribution in [0.3, 0.4) is 0 Å².